The third kappa shape index (κ3) is 10.2. The quantitative estimate of drug-likeness (QED) is 0.0695. The first-order valence-electron chi connectivity index (χ1n) is 34.8. The van der Waals surface area contributed by atoms with Crippen LogP contribution >= 0.6 is 0 Å². The van der Waals surface area contributed by atoms with E-state index in [2.05, 4.69) is 175 Å². The summed E-state index contributed by atoms with van der Waals surface area (Å²) >= 11 is 0. The molecular formula is C82H59BN6OPt-2. The molecule has 0 unspecified atom stereocenters. The molecule has 0 amide bonds. The zero-order chi connectivity index (χ0) is 69.0. The second-order valence-electron chi connectivity index (χ2n) is 23.2. The molecule has 0 saturated heterocycles. The van der Waals surface area contributed by atoms with E-state index in [1.54, 1.807) is 22.8 Å². The number of rotatable bonds is 12. The zero-order valence-electron chi connectivity index (χ0n) is 59.6. The number of nitrogens with zero attached hydrogens (tertiary/aromatic N) is 6. The van der Waals surface area contributed by atoms with Crippen molar-refractivity contribution in [2.45, 2.75) is 26.2 Å². The number of hydrogen-bond donors (Lipinski definition) is 0. The third-order valence-corrected chi connectivity index (χ3v) is 16.8. The Morgan fingerprint density at radius 1 is 0.473 bits per heavy atom. The van der Waals surface area contributed by atoms with Crippen molar-refractivity contribution in [2.24, 2.45) is 0 Å². The zero-order valence-corrected chi connectivity index (χ0v) is 51.9. The number of ether oxygens (including phenoxy) is 1. The van der Waals surface area contributed by atoms with Gasteiger partial charge < -0.3 is 23.5 Å². The van der Waals surface area contributed by atoms with E-state index in [-0.39, 0.29) is 54.4 Å². The van der Waals surface area contributed by atoms with Gasteiger partial charge in [0.15, 0.2) is 0 Å². The van der Waals surface area contributed by atoms with Crippen molar-refractivity contribution in [1.29, 1.82) is 0 Å². The summed E-state index contributed by atoms with van der Waals surface area (Å²) in [6.45, 7) is 5.84. The van der Waals surface area contributed by atoms with Gasteiger partial charge >= 0.3 is 6.98 Å². The number of para-hydroxylation sites is 8. The number of anilines is 4. The minimum atomic E-state index is -0.701. The van der Waals surface area contributed by atoms with Crippen LogP contribution in [0.1, 0.15) is 40.0 Å². The Kier molecular flexibility index (Phi) is 12.0. The molecule has 12 aromatic carbocycles. The van der Waals surface area contributed by atoms with Crippen LogP contribution in [0, 0.1) is 18.5 Å². The molecule has 0 N–H and O–H groups in total. The third-order valence-electron chi connectivity index (χ3n) is 16.8. The molecule has 9 heteroatoms. The van der Waals surface area contributed by atoms with Crippen molar-refractivity contribution in [1.82, 2.24) is 14.1 Å². The van der Waals surface area contributed by atoms with Gasteiger partial charge in [-0.1, -0.05) is 257 Å². The van der Waals surface area contributed by atoms with Gasteiger partial charge in [0.1, 0.15) is 5.82 Å². The summed E-state index contributed by atoms with van der Waals surface area (Å²) in [4.78, 5) is 9.71. The molecule has 0 radical (unpaired) electrons. The van der Waals surface area contributed by atoms with Crippen LogP contribution in [0.15, 0.2) is 303 Å². The number of hydrogen-bond acceptors (Lipinski definition) is 4. The Hall–Kier alpha value is -10.8. The molecule has 0 spiro atoms. The standard InChI is InChI=1S/C82H59BN6O.Pt/c1-82(2,3)61-49-50-84-80(51-61)87-72-40-19-18-37-70(72)71-48-47-64(55-79(71)87)90-65-53-62(52-63(54-65)85-56-86(76-44-23-22-43-75(76)85)81-68(59-31-12-6-13-32-59)38-26-39-69(81)60-33-14-7-15-34-60)83-88(73-41-20-16-35-66(73)57-27-8-4-9-28-57)77-45-24-25-46-78(77)89(83)74-42-21-17-36-67(74)58-29-10-5-11-30-58;/h4-53H,1-3H3;/q-2;/i6D,7D,12D,13D,14D,15D,31D,32D,33D,34D;. The fourth-order valence-electron chi connectivity index (χ4n) is 12.7. The van der Waals surface area contributed by atoms with Crippen molar-refractivity contribution < 1.29 is 44.1 Å². The van der Waals surface area contributed by atoms with Gasteiger partial charge in [0.25, 0.3) is 6.33 Å². The Morgan fingerprint density at radius 2 is 1.01 bits per heavy atom. The molecule has 0 bridgehead atoms. The maximum absolute atomic E-state index is 9.41. The van der Waals surface area contributed by atoms with E-state index in [0.29, 0.717) is 28.2 Å². The van der Waals surface area contributed by atoms with Crippen LogP contribution in [0.25, 0.3) is 94.5 Å². The van der Waals surface area contributed by atoms with Crippen LogP contribution < -0.4 is 24.4 Å². The van der Waals surface area contributed by atoms with Gasteiger partial charge in [0.05, 0.1) is 41.8 Å². The van der Waals surface area contributed by atoms with Gasteiger partial charge in [-0.3, -0.25) is 4.57 Å². The SMILES string of the molecule is [2H]c1c([2H])c([2H])c(-c2cccc(-c3c([2H])c([2H])c([2H])c([2H])c3[2H])c2-[n+]2[c-]n(-c3[c-]c(Oc4[c-]c5c(cc4)c4ccccc4n5-c4cc(C(C)(C)C)ccn4)cc(B4N(c5ccccc5-c5ccccc5)c5ccccc5N4c4ccccc4-c4ccccc4)c3)c3ccccc32)c([2H])c1[2H].[Pt]. The van der Waals surface area contributed by atoms with E-state index in [9.17, 15) is 5.48 Å². The second-order valence-corrected chi connectivity index (χ2v) is 23.2. The molecule has 7 nitrogen and oxygen atoms in total. The van der Waals surface area contributed by atoms with Gasteiger partial charge in [-0.15, -0.1) is 35.1 Å². The number of fused-ring (bicyclic) bond motifs is 5. The molecule has 91 heavy (non-hydrogen) atoms. The summed E-state index contributed by atoms with van der Waals surface area (Å²) in [5, 5.41) is 1.95. The van der Waals surface area contributed by atoms with E-state index >= 15 is 0 Å². The van der Waals surface area contributed by atoms with Crippen molar-refractivity contribution in [3.8, 4) is 73.2 Å². The number of pyridine rings is 1. The molecule has 438 valence electrons. The molecule has 0 saturated carbocycles. The topological polar surface area (TPSA) is 42.3 Å². The van der Waals surface area contributed by atoms with Crippen molar-refractivity contribution in [3.05, 3.63) is 327 Å². The molecule has 15 aromatic rings. The monoisotopic (exact) mass is 1360 g/mol. The molecule has 3 aromatic heterocycles. The fraction of sp³-hybridized carbons (Fsp3) is 0.0488. The van der Waals surface area contributed by atoms with Gasteiger partial charge in [-0.2, -0.15) is 12.1 Å². The van der Waals surface area contributed by atoms with Crippen LogP contribution in [-0.4, -0.2) is 21.1 Å². The number of imidazole rings is 1. The van der Waals surface area contributed by atoms with Crippen LogP contribution in [0.2, 0.25) is 0 Å². The summed E-state index contributed by atoms with van der Waals surface area (Å²) in [7, 11) is 0. The normalized spacial score (nSPS) is 13.7. The number of aromatic nitrogens is 4. The van der Waals surface area contributed by atoms with Gasteiger partial charge in [-0.05, 0) is 97.9 Å². The molecule has 0 aliphatic carbocycles. The average molecular weight is 1360 g/mol. The van der Waals surface area contributed by atoms with Gasteiger partial charge in [-0.25, -0.2) is 4.98 Å². The maximum Gasteiger partial charge on any atom is 0.394 e. The molecule has 4 heterocycles. The summed E-state index contributed by atoms with van der Waals surface area (Å²) in [5.74, 6) is 1.39. The molecule has 0 fully saturated rings. The molecule has 0 atom stereocenters. The molecular weight excluding hydrogens is 1290 g/mol. The van der Waals surface area contributed by atoms with Crippen molar-refractivity contribution in [3.63, 3.8) is 0 Å². The molecule has 1 aliphatic heterocycles. The van der Waals surface area contributed by atoms with Crippen molar-refractivity contribution in [2.75, 3.05) is 9.62 Å². The van der Waals surface area contributed by atoms with E-state index in [0.717, 1.165) is 83.7 Å². The minimum Gasteiger partial charge on any atom is -0.510 e. The van der Waals surface area contributed by atoms with Crippen molar-refractivity contribution >= 4 is 68.0 Å². The van der Waals surface area contributed by atoms with E-state index < -0.39 is 67.4 Å². The van der Waals surface area contributed by atoms with E-state index in [1.807, 2.05) is 108 Å². The number of benzene rings is 12. The Morgan fingerprint density at radius 3 is 1.63 bits per heavy atom. The minimum absolute atomic E-state index is 0. The predicted octanol–water partition coefficient (Wildman–Crippen LogP) is 19.2. The maximum atomic E-state index is 9.41. The second kappa shape index (κ2) is 23.6. The van der Waals surface area contributed by atoms with Crippen LogP contribution in [0.3, 0.4) is 0 Å². The largest absolute Gasteiger partial charge is 0.510 e. The summed E-state index contributed by atoms with van der Waals surface area (Å²) in [6, 6.07) is 80.5. The average Bonchev–Trinajstić information content (AvgIpc) is 1.64. The molecule has 1 aliphatic rings. The fourth-order valence-corrected chi connectivity index (χ4v) is 12.7. The van der Waals surface area contributed by atoms with Gasteiger partial charge in [0, 0.05) is 66.8 Å². The van der Waals surface area contributed by atoms with Crippen LogP contribution in [-0.2, 0) is 26.5 Å². The summed E-state index contributed by atoms with van der Waals surface area (Å²) in [6.07, 6.45) is 5.50. The van der Waals surface area contributed by atoms with Crippen LogP contribution in [0.4, 0.5) is 22.7 Å². The predicted molar refractivity (Wildman–Crippen MR) is 369 cm³/mol. The summed E-state index contributed by atoms with van der Waals surface area (Å²) in [5.41, 5.74) is 12.5. The Balaban J connectivity index is 0.00000827. The first-order chi connectivity index (χ1) is 48.4. The van der Waals surface area contributed by atoms with E-state index in [4.69, 9.17) is 17.9 Å². The Labute approximate surface area is 559 Å². The summed E-state index contributed by atoms with van der Waals surface area (Å²) < 4.78 is 104. The van der Waals surface area contributed by atoms with Crippen LogP contribution in [0.5, 0.6) is 11.5 Å². The Bertz CT molecular complexity index is 5570. The first kappa shape index (κ1) is 46.3. The molecule has 16 rings (SSSR count). The smallest absolute Gasteiger partial charge is 0.394 e. The van der Waals surface area contributed by atoms with E-state index in [1.165, 1.54) is 0 Å². The first-order valence-corrected chi connectivity index (χ1v) is 29.8. The van der Waals surface area contributed by atoms with Gasteiger partial charge in [0.2, 0.25) is 0 Å².